The molecule has 1 rings (SSSR count). The lowest BCUT2D eigenvalue weighted by Gasteiger charge is -2.17. The Morgan fingerprint density at radius 3 is 2.55 bits per heavy atom. The molecule has 1 N–H and O–H groups in total. The molecule has 0 aromatic carbocycles. The predicted molar refractivity (Wildman–Crippen MR) is 83.3 cm³/mol. The molecule has 0 bridgehead atoms. The molecule has 1 amide bonds. The molecule has 1 heterocycles. The van der Waals surface area contributed by atoms with E-state index in [4.69, 9.17) is 0 Å². The molecule has 0 radical (unpaired) electrons. The van der Waals surface area contributed by atoms with Crippen molar-refractivity contribution in [3.63, 3.8) is 0 Å². The van der Waals surface area contributed by atoms with Crippen LogP contribution in [0.5, 0.6) is 0 Å². The van der Waals surface area contributed by atoms with Crippen molar-refractivity contribution in [1.29, 1.82) is 0 Å². The van der Waals surface area contributed by atoms with Crippen molar-refractivity contribution in [2.45, 2.75) is 19.8 Å². The van der Waals surface area contributed by atoms with Gasteiger partial charge in [0, 0.05) is 32.9 Å². The van der Waals surface area contributed by atoms with Crippen LogP contribution >= 0.6 is 0 Å². The Morgan fingerprint density at radius 1 is 1.25 bits per heavy atom. The average molecular weight is 278 g/mol. The molecule has 1 aromatic rings. The first-order valence-corrected chi connectivity index (χ1v) is 7.14. The Hall–Kier alpha value is -1.62. The maximum absolute atomic E-state index is 11.9. The summed E-state index contributed by atoms with van der Waals surface area (Å²) in [6, 6.07) is 3.73. The molecule has 1 aromatic heterocycles. The zero-order valence-electron chi connectivity index (χ0n) is 13.0. The largest absolute Gasteiger partial charge is 0.360 e. The van der Waals surface area contributed by atoms with Gasteiger partial charge in [0.2, 0.25) is 0 Å². The minimum Gasteiger partial charge on any atom is -0.360 e. The van der Waals surface area contributed by atoms with E-state index in [-0.39, 0.29) is 5.91 Å². The number of amides is 1. The Labute approximate surface area is 122 Å². The summed E-state index contributed by atoms with van der Waals surface area (Å²) < 4.78 is 0. The molecular formula is C15H26N4O. The van der Waals surface area contributed by atoms with Gasteiger partial charge < -0.3 is 15.1 Å². The minimum absolute atomic E-state index is 0.0675. The normalized spacial score (nSPS) is 10.7. The van der Waals surface area contributed by atoms with E-state index >= 15 is 0 Å². The molecule has 5 nitrogen and oxygen atoms in total. The first kappa shape index (κ1) is 16.4. The number of likely N-dealkylation sites (N-methyl/N-ethyl adjacent to an activating group) is 1. The first-order chi connectivity index (χ1) is 9.54. The zero-order chi connectivity index (χ0) is 15.0. The van der Waals surface area contributed by atoms with E-state index in [1.54, 1.807) is 6.20 Å². The predicted octanol–water partition coefficient (Wildman–Crippen LogP) is 1.61. The van der Waals surface area contributed by atoms with Gasteiger partial charge >= 0.3 is 0 Å². The third kappa shape index (κ3) is 5.57. The molecule has 5 heteroatoms. The summed E-state index contributed by atoms with van der Waals surface area (Å²) in [5.41, 5.74) is 0.608. The first-order valence-electron chi connectivity index (χ1n) is 7.14. The van der Waals surface area contributed by atoms with Gasteiger partial charge in [-0.15, -0.1) is 0 Å². The highest BCUT2D eigenvalue weighted by Gasteiger charge is 2.07. The smallest absolute Gasteiger partial charge is 0.252 e. The Kier molecular flexibility index (Phi) is 7.01. The lowest BCUT2D eigenvalue weighted by atomic mass is 10.2. The second-order valence-electron chi connectivity index (χ2n) is 5.24. The summed E-state index contributed by atoms with van der Waals surface area (Å²) in [5, 5.41) is 2.88. The van der Waals surface area contributed by atoms with Crippen LogP contribution in [0.1, 0.15) is 30.1 Å². The van der Waals surface area contributed by atoms with Crippen molar-refractivity contribution in [3.8, 4) is 0 Å². The molecule has 0 unspecified atom stereocenters. The van der Waals surface area contributed by atoms with Gasteiger partial charge in [0.1, 0.15) is 5.82 Å². The summed E-state index contributed by atoms with van der Waals surface area (Å²) in [5.74, 6) is 0.838. The van der Waals surface area contributed by atoms with Gasteiger partial charge in [-0.2, -0.15) is 0 Å². The van der Waals surface area contributed by atoms with Gasteiger partial charge in [0.05, 0.1) is 5.56 Å². The highest BCUT2D eigenvalue weighted by atomic mass is 16.1. The van der Waals surface area contributed by atoms with Gasteiger partial charge in [-0.05, 0) is 32.6 Å². The number of unbranched alkanes of at least 4 members (excludes halogenated alkanes) is 1. The number of pyridine rings is 1. The highest BCUT2D eigenvalue weighted by Crippen LogP contribution is 2.10. The number of carbonyl (C=O) groups excluding carboxylic acids is 1. The van der Waals surface area contributed by atoms with Crippen molar-refractivity contribution in [2.75, 3.05) is 45.7 Å². The molecule has 0 atom stereocenters. The number of anilines is 1. The van der Waals surface area contributed by atoms with Crippen LogP contribution in [0.2, 0.25) is 0 Å². The second-order valence-corrected chi connectivity index (χ2v) is 5.24. The van der Waals surface area contributed by atoms with Crippen LogP contribution in [0.25, 0.3) is 0 Å². The fourth-order valence-corrected chi connectivity index (χ4v) is 1.75. The summed E-state index contributed by atoms with van der Waals surface area (Å²) in [6.45, 7) is 4.63. The summed E-state index contributed by atoms with van der Waals surface area (Å²) >= 11 is 0. The number of carbonyl (C=O) groups is 1. The maximum Gasteiger partial charge on any atom is 0.252 e. The van der Waals surface area contributed by atoms with Gasteiger partial charge in [-0.1, -0.05) is 13.3 Å². The summed E-state index contributed by atoms with van der Waals surface area (Å²) in [4.78, 5) is 20.4. The number of nitrogens with zero attached hydrogens (tertiary/aromatic N) is 3. The van der Waals surface area contributed by atoms with E-state index < -0.39 is 0 Å². The minimum atomic E-state index is -0.0675. The molecule has 0 fully saturated rings. The van der Waals surface area contributed by atoms with Crippen molar-refractivity contribution < 1.29 is 4.79 Å². The fourth-order valence-electron chi connectivity index (χ4n) is 1.75. The quantitative estimate of drug-likeness (QED) is 0.785. The van der Waals surface area contributed by atoms with E-state index in [9.17, 15) is 4.79 Å². The third-order valence-corrected chi connectivity index (χ3v) is 3.09. The molecular weight excluding hydrogens is 252 g/mol. The van der Waals surface area contributed by atoms with E-state index in [0.29, 0.717) is 12.1 Å². The van der Waals surface area contributed by atoms with Gasteiger partial charge in [0.25, 0.3) is 5.91 Å². The zero-order valence-corrected chi connectivity index (χ0v) is 13.0. The van der Waals surface area contributed by atoms with Gasteiger partial charge in [-0.25, -0.2) is 4.98 Å². The molecule has 0 aliphatic heterocycles. The summed E-state index contributed by atoms with van der Waals surface area (Å²) in [6.07, 6.45) is 3.95. The molecule has 0 saturated heterocycles. The Bertz CT molecular complexity index is 403. The van der Waals surface area contributed by atoms with Crippen LogP contribution < -0.4 is 10.2 Å². The van der Waals surface area contributed by atoms with Crippen molar-refractivity contribution in [3.05, 3.63) is 23.9 Å². The number of rotatable bonds is 8. The van der Waals surface area contributed by atoms with Crippen LogP contribution in [0.3, 0.4) is 0 Å². The van der Waals surface area contributed by atoms with Crippen LogP contribution in [0, 0.1) is 0 Å². The Morgan fingerprint density at radius 2 is 2.00 bits per heavy atom. The second kappa shape index (κ2) is 8.53. The monoisotopic (exact) mass is 278 g/mol. The van der Waals surface area contributed by atoms with E-state index in [1.165, 1.54) is 0 Å². The maximum atomic E-state index is 11.9. The SMILES string of the molecule is CCCCN(C)c1ccc(C(=O)NCCN(C)C)cn1. The Balaban J connectivity index is 2.50. The van der Waals surface area contributed by atoms with E-state index in [2.05, 4.69) is 22.1 Å². The van der Waals surface area contributed by atoms with Gasteiger partial charge in [0.15, 0.2) is 0 Å². The molecule has 0 spiro atoms. The molecule has 0 aliphatic carbocycles. The lowest BCUT2D eigenvalue weighted by Crippen LogP contribution is -2.31. The van der Waals surface area contributed by atoms with Crippen molar-refractivity contribution in [2.24, 2.45) is 0 Å². The summed E-state index contributed by atoms with van der Waals surface area (Å²) in [7, 11) is 5.98. The van der Waals surface area contributed by atoms with E-state index in [0.717, 1.165) is 31.7 Å². The lowest BCUT2D eigenvalue weighted by molar-refractivity contribution is 0.0950. The number of aromatic nitrogens is 1. The average Bonchev–Trinajstić information content (AvgIpc) is 2.44. The molecule has 20 heavy (non-hydrogen) atoms. The molecule has 112 valence electrons. The van der Waals surface area contributed by atoms with Gasteiger partial charge in [-0.3, -0.25) is 4.79 Å². The fraction of sp³-hybridized carbons (Fsp3) is 0.600. The number of nitrogens with one attached hydrogen (secondary N) is 1. The third-order valence-electron chi connectivity index (χ3n) is 3.09. The number of hydrogen-bond acceptors (Lipinski definition) is 4. The van der Waals surface area contributed by atoms with Crippen molar-refractivity contribution >= 4 is 11.7 Å². The standard InChI is InChI=1S/C15H26N4O/c1-5-6-10-19(4)14-8-7-13(12-17-14)15(20)16-9-11-18(2)3/h7-8,12H,5-6,9-11H2,1-4H3,(H,16,20). The van der Waals surface area contributed by atoms with Crippen LogP contribution in [0.4, 0.5) is 5.82 Å². The number of hydrogen-bond donors (Lipinski definition) is 1. The van der Waals surface area contributed by atoms with E-state index in [1.807, 2.05) is 38.2 Å². The highest BCUT2D eigenvalue weighted by molar-refractivity contribution is 5.94. The van der Waals surface area contributed by atoms with Crippen molar-refractivity contribution in [1.82, 2.24) is 15.2 Å². The topological polar surface area (TPSA) is 48.5 Å². The molecule has 0 saturated carbocycles. The van der Waals surface area contributed by atoms with Crippen LogP contribution in [-0.2, 0) is 0 Å². The van der Waals surface area contributed by atoms with Crippen LogP contribution in [-0.4, -0.2) is 56.6 Å². The molecule has 0 aliphatic rings. The van der Waals surface area contributed by atoms with Crippen LogP contribution in [0.15, 0.2) is 18.3 Å².